The number of hydrogen-bond donors (Lipinski definition) is 5. The van der Waals surface area contributed by atoms with Crippen LogP contribution in [0, 0.1) is 17.8 Å². The molecule has 0 aromatic heterocycles. The molecule has 7 atom stereocenters. The average Bonchev–Trinajstić information content (AvgIpc) is 3.16. The highest BCUT2D eigenvalue weighted by Crippen LogP contribution is 2.41. The Bertz CT molecular complexity index is 687. The minimum atomic E-state index is -4.22. The number of aliphatic hydroxyl groups is 1. The van der Waals surface area contributed by atoms with Gasteiger partial charge in [0.1, 0.15) is 6.17 Å². The lowest BCUT2D eigenvalue weighted by Gasteiger charge is -2.34. The summed E-state index contributed by atoms with van der Waals surface area (Å²) in [5, 5.41) is 14.0. The molecule has 190 valence electrons. The van der Waals surface area contributed by atoms with Gasteiger partial charge >= 0.3 is 6.18 Å². The fourth-order valence-electron chi connectivity index (χ4n) is 4.70. The first kappa shape index (κ1) is 26.4. The highest BCUT2D eigenvalue weighted by atomic mass is 35.5. The zero-order chi connectivity index (χ0) is 24.0. The summed E-state index contributed by atoms with van der Waals surface area (Å²) in [7, 11) is 0. The number of amides is 1. The molecule has 7 unspecified atom stereocenters. The van der Waals surface area contributed by atoms with Crippen LogP contribution in [-0.2, 0) is 9.53 Å². The second-order valence-corrected chi connectivity index (χ2v) is 9.39. The molecule has 5 N–H and O–H groups in total. The van der Waals surface area contributed by atoms with Gasteiger partial charge in [-0.15, -0.1) is 11.6 Å². The van der Waals surface area contributed by atoms with Gasteiger partial charge in [0.2, 0.25) is 5.91 Å². The van der Waals surface area contributed by atoms with E-state index in [1.54, 1.807) is 0 Å². The third kappa shape index (κ3) is 7.38. The van der Waals surface area contributed by atoms with Crippen LogP contribution >= 0.6 is 11.6 Å². The van der Waals surface area contributed by atoms with Gasteiger partial charge in [0.15, 0.2) is 5.96 Å². The first-order valence-electron chi connectivity index (χ1n) is 11.4. The fourth-order valence-corrected chi connectivity index (χ4v) is 4.92. The number of alkyl halides is 5. The van der Waals surface area contributed by atoms with E-state index in [4.69, 9.17) is 21.4 Å². The van der Waals surface area contributed by atoms with Crippen molar-refractivity contribution in [2.24, 2.45) is 22.7 Å². The van der Waals surface area contributed by atoms with Gasteiger partial charge in [-0.2, -0.15) is 13.2 Å². The number of ether oxygens (including phenoxy) is 1. The van der Waals surface area contributed by atoms with Gasteiger partial charge in [0.05, 0.1) is 43.8 Å². The van der Waals surface area contributed by atoms with Gasteiger partial charge in [-0.05, 0) is 38.5 Å². The fraction of sp³-hybridized carbons (Fsp3) is 0.900. The average molecular weight is 502 g/mol. The van der Waals surface area contributed by atoms with Gasteiger partial charge in [0, 0.05) is 17.9 Å². The standard InChI is InChI=1S/C20H32ClF4N5O3/c21-14-4-1-11(9-15(14)22)18(32)28-19(26-5-7-33-8-6-31)27-17-13-3-2-12(20(23,24)25)10-16(13)29-30-17/h11-17,29-31H,1-10H2,(H2,26,27,28,32). The Morgan fingerprint density at radius 2 is 1.94 bits per heavy atom. The number of rotatable bonds is 7. The van der Waals surface area contributed by atoms with Crippen molar-refractivity contribution in [1.82, 2.24) is 21.5 Å². The minimum Gasteiger partial charge on any atom is -0.394 e. The predicted molar refractivity (Wildman–Crippen MR) is 114 cm³/mol. The molecule has 1 amide bonds. The Kier molecular flexibility index (Phi) is 9.57. The quantitative estimate of drug-likeness (QED) is 0.119. The number of halogens is 5. The first-order chi connectivity index (χ1) is 15.7. The summed E-state index contributed by atoms with van der Waals surface area (Å²) in [6.07, 6.45) is -4.66. The van der Waals surface area contributed by atoms with E-state index >= 15 is 0 Å². The Morgan fingerprint density at radius 3 is 2.64 bits per heavy atom. The van der Waals surface area contributed by atoms with Crippen LogP contribution in [0.25, 0.3) is 0 Å². The van der Waals surface area contributed by atoms with Crippen LogP contribution < -0.4 is 21.5 Å². The maximum Gasteiger partial charge on any atom is 0.391 e. The summed E-state index contributed by atoms with van der Waals surface area (Å²) >= 11 is 5.91. The molecular weight excluding hydrogens is 470 g/mol. The van der Waals surface area contributed by atoms with E-state index in [0.29, 0.717) is 19.3 Å². The van der Waals surface area contributed by atoms with E-state index in [0.717, 1.165) is 0 Å². The van der Waals surface area contributed by atoms with E-state index in [1.165, 1.54) is 0 Å². The van der Waals surface area contributed by atoms with Crippen molar-refractivity contribution < 1.29 is 32.2 Å². The number of fused-ring (bicyclic) bond motifs is 1. The normalized spacial score (nSPS) is 35.2. The summed E-state index contributed by atoms with van der Waals surface area (Å²) in [4.78, 5) is 17.1. The van der Waals surface area contributed by atoms with E-state index in [-0.39, 0.29) is 69.5 Å². The molecular formula is C20H32ClF4N5O3. The highest BCUT2D eigenvalue weighted by Gasteiger charge is 2.48. The lowest BCUT2D eigenvalue weighted by Crippen LogP contribution is -2.54. The zero-order valence-electron chi connectivity index (χ0n) is 18.2. The molecule has 3 aliphatic rings. The van der Waals surface area contributed by atoms with Crippen LogP contribution in [0.5, 0.6) is 0 Å². The van der Waals surface area contributed by atoms with Crippen molar-refractivity contribution in [2.45, 2.75) is 68.5 Å². The molecule has 13 heteroatoms. The smallest absolute Gasteiger partial charge is 0.391 e. The Morgan fingerprint density at radius 1 is 1.15 bits per heavy atom. The maximum atomic E-state index is 14.0. The van der Waals surface area contributed by atoms with Gasteiger partial charge in [0.25, 0.3) is 0 Å². The van der Waals surface area contributed by atoms with Crippen LogP contribution in [0.15, 0.2) is 4.99 Å². The Hall–Kier alpha value is -1.21. The molecule has 3 rings (SSSR count). The van der Waals surface area contributed by atoms with E-state index in [9.17, 15) is 22.4 Å². The van der Waals surface area contributed by atoms with Crippen molar-refractivity contribution in [2.75, 3.05) is 26.4 Å². The summed E-state index contributed by atoms with van der Waals surface area (Å²) in [5.41, 5.74) is 5.91. The number of hydrazine groups is 1. The molecule has 0 radical (unpaired) electrons. The molecule has 2 saturated carbocycles. The molecule has 1 saturated heterocycles. The van der Waals surface area contributed by atoms with Gasteiger partial charge < -0.3 is 15.2 Å². The minimum absolute atomic E-state index is 0.0211. The Labute approximate surface area is 195 Å². The molecule has 2 aliphatic carbocycles. The van der Waals surface area contributed by atoms with Crippen molar-refractivity contribution in [1.29, 1.82) is 0 Å². The monoisotopic (exact) mass is 501 g/mol. The first-order valence-corrected chi connectivity index (χ1v) is 11.8. The van der Waals surface area contributed by atoms with Crippen LogP contribution in [0.4, 0.5) is 17.6 Å². The number of aliphatic imine (C=N–C) groups is 1. The van der Waals surface area contributed by atoms with Crippen molar-refractivity contribution >= 4 is 23.5 Å². The largest absolute Gasteiger partial charge is 0.394 e. The van der Waals surface area contributed by atoms with E-state index < -0.39 is 35.7 Å². The Balaban J connectivity index is 1.60. The molecule has 0 aromatic carbocycles. The molecule has 1 heterocycles. The number of aliphatic hydroxyl groups excluding tert-OH is 1. The van der Waals surface area contributed by atoms with Crippen LogP contribution in [0.3, 0.4) is 0 Å². The lowest BCUT2D eigenvalue weighted by molar-refractivity contribution is -0.185. The SMILES string of the molecule is O=C(NC(=NCCOCCO)NC1NNC2CC(C(F)(F)F)CCC21)C1CCC(Cl)C(F)C1. The van der Waals surface area contributed by atoms with E-state index in [1.807, 2.05) is 0 Å². The molecule has 1 aliphatic heterocycles. The number of carbonyl (C=O) groups excluding carboxylic acids is 1. The maximum absolute atomic E-state index is 14.0. The predicted octanol–water partition coefficient (Wildman–Crippen LogP) is 1.58. The molecule has 0 bridgehead atoms. The third-order valence-electron chi connectivity index (χ3n) is 6.56. The lowest BCUT2D eigenvalue weighted by atomic mass is 9.78. The zero-order valence-corrected chi connectivity index (χ0v) is 19.0. The topological polar surface area (TPSA) is 107 Å². The van der Waals surface area contributed by atoms with Crippen LogP contribution in [0.2, 0.25) is 0 Å². The molecule has 0 aromatic rings. The van der Waals surface area contributed by atoms with Crippen molar-refractivity contribution in [3.8, 4) is 0 Å². The molecule has 8 nitrogen and oxygen atoms in total. The van der Waals surface area contributed by atoms with Crippen molar-refractivity contribution in [3.63, 3.8) is 0 Å². The number of guanidine groups is 1. The van der Waals surface area contributed by atoms with Crippen LogP contribution in [0.1, 0.15) is 38.5 Å². The summed E-state index contributed by atoms with van der Waals surface area (Å²) in [5.74, 6) is -2.24. The van der Waals surface area contributed by atoms with Gasteiger partial charge in [-0.25, -0.2) is 9.82 Å². The van der Waals surface area contributed by atoms with Gasteiger partial charge in [-0.3, -0.25) is 20.5 Å². The summed E-state index contributed by atoms with van der Waals surface area (Å²) in [6.45, 7) is 0.426. The number of nitrogens with one attached hydrogen (secondary N) is 4. The summed E-state index contributed by atoms with van der Waals surface area (Å²) < 4.78 is 58.5. The number of nitrogens with zero attached hydrogens (tertiary/aromatic N) is 1. The van der Waals surface area contributed by atoms with Gasteiger partial charge in [-0.1, -0.05) is 0 Å². The second kappa shape index (κ2) is 12.0. The summed E-state index contributed by atoms with van der Waals surface area (Å²) in [6, 6.07) is -0.362. The van der Waals surface area contributed by atoms with Crippen LogP contribution in [-0.4, -0.2) is 73.3 Å². The second-order valence-electron chi connectivity index (χ2n) is 8.83. The number of carbonyl (C=O) groups is 1. The molecule has 3 fully saturated rings. The third-order valence-corrected chi connectivity index (χ3v) is 7.05. The number of hydrogen-bond acceptors (Lipinski definition) is 6. The highest BCUT2D eigenvalue weighted by molar-refractivity contribution is 6.21. The molecule has 0 spiro atoms. The van der Waals surface area contributed by atoms with Crippen molar-refractivity contribution in [3.05, 3.63) is 0 Å². The van der Waals surface area contributed by atoms with E-state index in [2.05, 4.69) is 26.5 Å². The molecule has 33 heavy (non-hydrogen) atoms.